The first-order valence-electron chi connectivity index (χ1n) is 17.1. The molecule has 0 aliphatic heterocycles. The Hall–Kier alpha value is -4.33. The van der Waals surface area contributed by atoms with Crippen molar-refractivity contribution in [3.63, 3.8) is 0 Å². The maximum atomic E-state index is 13.7. The van der Waals surface area contributed by atoms with Crippen LogP contribution in [0.4, 0.5) is 4.79 Å². The minimum Gasteiger partial charge on any atom is -0.460 e. The lowest BCUT2D eigenvalue weighted by Gasteiger charge is -2.26. The van der Waals surface area contributed by atoms with Crippen molar-refractivity contribution in [2.75, 3.05) is 20.6 Å². The number of nitrogens with two attached hydrogens (primary N) is 1. The van der Waals surface area contributed by atoms with Gasteiger partial charge in [0.25, 0.3) is 0 Å². The summed E-state index contributed by atoms with van der Waals surface area (Å²) in [7, 11) is 3.23. The standard InChI is InChI=1S/C36H57N5O9/c1-23(2)26(34(48)40-27(10-9-19-38-35(37)49)29(43)20-24-13-15-25(22-42)16-14-24)21-30(44)28(17-18-33(47)50-36(3,4)5)39-31(45)11-8-12-32(46)41(6)7/h13-16,23,26-28,42H,8-12,17-22H2,1-7H3,(H,39,45)(H,40,48)(H3,37,38,49)/t26-,27-,28-/m0/s1. The van der Waals surface area contributed by atoms with E-state index in [4.69, 9.17) is 10.5 Å². The quantitative estimate of drug-likeness (QED) is 0.0884. The molecule has 1 aromatic carbocycles. The third kappa shape index (κ3) is 17.9. The van der Waals surface area contributed by atoms with Gasteiger partial charge in [-0.25, -0.2) is 4.79 Å². The number of primary amides is 1. The predicted octanol–water partition coefficient (Wildman–Crippen LogP) is 2.32. The van der Waals surface area contributed by atoms with Crippen molar-refractivity contribution >= 4 is 41.3 Å². The fourth-order valence-electron chi connectivity index (χ4n) is 5.05. The molecule has 14 nitrogen and oxygen atoms in total. The second kappa shape index (κ2) is 21.7. The molecule has 280 valence electrons. The molecule has 0 heterocycles. The fourth-order valence-corrected chi connectivity index (χ4v) is 5.05. The third-order valence-corrected chi connectivity index (χ3v) is 7.89. The summed E-state index contributed by atoms with van der Waals surface area (Å²) in [6, 6.07) is 4.11. The van der Waals surface area contributed by atoms with Crippen LogP contribution in [0.5, 0.6) is 0 Å². The van der Waals surface area contributed by atoms with Crippen LogP contribution in [0.1, 0.15) is 97.1 Å². The van der Waals surface area contributed by atoms with Crippen molar-refractivity contribution in [1.82, 2.24) is 20.9 Å². The number of benzene rings is 1. The van der Waals surface area contributed by atoms with Crippen LogP contribution in [0.2, 0.25) is 0 Å². The molecule has 6 N–H and O–H groups in total. The van der Waals surface area contributed by atoms with Gasteiger partial charge in [0, 0.05) is 58.7 Å². The monoisotopic (exact) mass is 703 g/mol. The molecule has 0 bridgehead atoms. The van der Waals surface area contributed by atoms with Gasteiger partial charge in [0.05, 0.1) is 18.7 Å². The summed E-state index contributed by atoms with van der Waals surface area (Å²) < 4.78 is 5.38. The van der Waals surface area contributed by atoms with E-state index in [-0.39, 0.29) is 82.1 Å². The van der Waals surface area contributed by atoms with Crippen molar-refractivity contribution in [1.29, 1.82) is 0 Å². The Balaban J connectivity index is 3.13. The summed E-state index contributed by atoms with van der Waals surface area (Å²) in [6.07, 6.45) is 0.477. The Kier molecular flexibility index (Phi) is 19.0. The summed E-state index contributed by atoms with van der Waals surface area (Å²) >= 11 is 0. The van der Waals surface area contributed by atoms with Gasteiger partial charge >= 0.3 is 12.0 Å². The number of Topliss-reactive ketones (excluding diaryl/α,β-unsaturated/α-hetero) is 2. The second-order valence-corrected chi connectivity index (χ2v) is 14.0. The topological polar surface area (TPSA) is 214 Å². The van der Waals surface area contributed by atoms with Gasteiger partial charge in [-0.05, 0) is 63.5 Å². The van der Waals surface area contributed by atoms with E-state index >= 15 is 0 Å². The predicted molar refractivity (Wildman–Crippen MR) is 187 cm³/mol. The van der Waals surface area contributed by atoms with Crippen LogP contribution in [0, 0.1) is 11.8 Å². The molecule has 0 saturated heterocycles. The van der Waals surface area contributed by atoms with Gasteiger partial charge in [-0.3, -0.25) is 28.8 Å². The molecule has 0 fully saturated rings. The van der Waals surface area contributed by atoms with E-state index in [1.807, 2.05) is 0 Å². The first-order valence-corrected chi connectivity index (χ1v) is 17.1. The van der Waals surface area contributed by atoms with Crippen LogP contribution in [0.3, 0.4) is 0 Å². The van der Waals surface area contributed by atoms with Crippen LogP contribution < -0.4 is 21.7 Å². The van der Waals surface area contributed by atoms with Crippen LogP contribution >= 0.6 is 0 Å². The minimum absolute atomic E-state index is 0.00406. The molecule has 3 atom stereocenters. The number of amides is 5. The van der Waals surface area contributed by atoms with Crippen molar-refractivity contribution < 1.29 is 43.4 Å². The first-order chi connectivity index (χ1) is 23.3. The molecule has 1 rings (SSSR count). The largest absolute Gasteiger partial charge is 0.460 e. The zero-order valence-electron chi connectivity index (χ0n) is 30.6. The van der Waals surface area contributed by atoms with Crippen LogP contribution in [0.25, 0.3) is 0 Å². The number of hydrogen-bond acceptors (Lipinski definition) is 9. The highest BCUT2D eigenvalue weighted by Gasteiger charge is 2.32. The lowest BCUT2D eigenvalue weighted by atomic mass is 9.86. The number of ketones is 2. The third-order valence-electron chi connectivity index (χ3n) is 7.89. The highest BCUT2D eigenvalue weighted by molar-refractivity contribution is 5.95. The molecule has 0 aromatic heterocycles. The van der Waals surface area contributed by atoms with Gasteiger partial charge in [0.2, 0.25) is 17.7 Å². The van der Waals surface area contributed by atoms with Gasteiger partial charge in [-0.1, -0.05) is 38.1 Å². The molecule has 50 heavy (non-hydrogen) atoms. The van der Waals surface area contributed by atoms with E-state index in [2.05, 4.69) is 16.0 Å². The molecule has 1 aromatic rings. The number of nitrogens with one attached hydrogen (secondary N) is 3. The fraction of sp³-hybridized carbons (Fsp3) is 0.639. The lowest BCUT2D eigenvalue weighted by molar-refractivity contribution is -0.155. The molecule has 0 radical (unpaired) electrons. The Labute approximate surface area is 295 Å². The Morgan fingerprint density at radius 2 is 1.44 bits per heavy atom. The summed E-state index contributed by atoms with van der Waals surface area (Å²) in [6.45, 7) is 8.74. The van der Waals surface area contributed by atoms with E-state index in [0.29, 0.717) is 17.5 Å². The highest BCUT2D eigenvalue weighted by Crippen LogP contribution is 2.20. The number of ether oxygens (including phenoxy) is 1. The number of hydrogen-bond donors (Lipinski definition) is 5. The average Bonchev–Trinajstić information content (AvgIpc) is 3.02. The number of aliphatic hydroxyl groups excluding tert-OH is 1. The molecular weight excluding hydrogens is 646 g/mol. The summed E-state index contributed by atoms with van der Waals surface area (Å²) in [5, 5.41) is 17.3. The number of rotatable bonds is 22. The molecule has 0 aliphatic carbocycles. The Bertz CT molecular complexity index is 1310. The minimum atomic E-state index is -1.09. The summed E-state index contributed by atoms with van der Waals surface area (Å²) in [4.78, 5) is 90.7. The molecular formula is C36H57N5O9. The average molecular weight is 704 g/mol. The van der Waals surface area contributed by atoms with Crippen molar-refractivity contribution in [2.45, 2.75) is 117 Å². The van der Waals surface area contributed by atoms with Gasteiger partial charge < -0.3 is 36.4 Å². The van der Waals surface area contributed by atoms with Crippen molar-refractivity contribution in [2.24, 2.45) is 17.6 Å². The van der Waals surface area contributed by atoms with E-state index in [1.54, 1.807) is 73.0 Å². The van der Waals surface area contributed by atoms with E-state index < -0.39 is 53.2 Å². The number of urea groups is 1. The normalized spacial score (nSPS) is 13.1. The van der Waals surface area contributed by atoms with E-state index in [0.717, 1.165) is 0 Å². The number of aliphatic hydroxyl groups is 1. The maximum Gasteiger partial charge on any atom is 0.312 e. The molecule has 0 saturated carbocycles. The van der Waals surface area contributed by atoms with Gasteiger partial charge in [0.1, 0.15) is 5.60 Å². The smallest absolute Gasteiger partial charge is 0.312 e. The Morgan fingerprint density at radius 3 is 1.98 bits per heavy atom. The zero-order valence-corrected chi connectivity index (χ0v) is 30.6. The van der Waals surface area contributed by atoms with Gasteiger partial charge in [0.15, 0.2) is 11.6 Å². The number of nitrogens with zero attached hydrogens (tertiary/aromatic N) is 1. The Morgan fingerprint density at radius 1 is 0.840 bits per heavy atom. The SMILES string of the molecule is CC(C)[C@H](CC(=O)[C@H](CCC(=O)OC(C)(C)C)NC(=O)CCCC(=O)N(C)C)C(=O)N[C@@H](CCCNC(N)=O)C(=O)Cc1ccc(CO)cc1. The molecule has 0 aliphatic rings. The van der Waals surface area contributed by atoms with Gasteiger partial charge in [-0.2, -0.15) is 0 Å². The molecule has 5 amide bonds. The lowest BCUT2D eigenvalue weighted by Crippen LogP contribution is -2.48. The zero-order chi connectivity index (χ0) is 38.0. The number of carbonyl (C=O) groups is 7. The number of carbonyl (C=O) groups excluding carboxylic acids is 7. The second-order valence-electron chi connectivity index (χ2n) is 14.0. The van der Waals surface area contributed by atoms with Gasteiger partial charge in [-0.15, -0.1) is 0 Å². The first kappa shape index (κ1) is 43.7. The van der Waals surface area contributed by atoms with Crippen LogP contribution in [-0.2, 0) is 46.5 Å². The molecule has 0 spiro atoms. The highest BCUT2D eigenvalue weighted by atomic mass is 16.6. The van der Waals surface area contributed by atoms with E-state index in [1.165, 1.54) is 4.90 Å². The molecule has 0 unspecified atom stereocenters. The summed E-state index contributed by atoms with van der Waals surface area (Å²) in [5.41, 5.74) is 5.79. The van der Waals surface area contributed by atoms with Crippen molar-refractivity contribution in [3.8, 4) is 0 Å². The number of esters is 1. The maximum absolute atomic E-state index is 13.7. The van der Waals surface area contributed by atoms with E-state index in [9.17, 15) is 38.7 Å². The summed E-state index contributed by atoms with van der Waals surface area (Å²) in [5.74, 6) is -3.62. The van der Waals surface area contributed by atoms with Crippen LogP contribution in [0.15, 0.2) is 24.3 Å². The molecule has 14 heteroatoms. The van der Waals surface area contributed by atoms with Crippen LogP contribution in [-0.4, -0.2) is 89.6 Å². The van der Waals surface area contributed by atoms with Crippen molar-refractivity contribution in [3.05, 3.63) is 35.4 Å².